The van der Waals surface area contributed by atoms with Crippen LogP contribution in [0.25, 0.3) is 54.8 Å². The molecule has 0 radical (unpaired) electrons. The molecule has 228 valence electrons. The molecule has 4 aromatic heterocycles. The average Bonchev–Trinajstić information content (AvgIpc) is 3.78. The molecule has 1 atom stereocenters. The lowest BCUT2D eigenvalue weighted by molar-refractivity contribution is -0.127. The number of nitrogens with zero attached hydrogens (tertiary/aromatic N) is 6. The van der Waals surface area contributed by atoms with Gasteiger partial charge in [0.25, 0.3) is 0 Å². The summed E-state index contributed by atoms with van der Waals surface area (Å²) in [6.45, 7) is 5.87. The fraction of sp³-hybridized carbons (Fsp3) is 0.212. The van der Waals surface area contributed by atoms with Crippen molar-refractivity contribution in [2.75, 3.05) is 19.8 Å². The first kappa shape index (κ1) is 28.8. The van der Waals surface area contributed by atoms with Crippen molar-refractivity contribution in [3.63, 3.8) is 0 Å². The first-order valence-corrected chi connectivity index (χ1v) is 15.2. The second-order valence-electron chi connectivity index (χ2n) is 11.0. The van der Waals surface area contributed by atoms with Crippen molar-refractivity contribution in [2.45, 2.75) is 19.5 Å². The van der Waals surface area contributed by atoms with Crippen LogP contribution in [0.15, 0.2) is 66.7 Å². The number of amides is 1. The molecular weight excluding hydrogens is 598 g/mol. The van der Waals surface area contributed by atoms with Crippen LogP contribution in [0.3, 0.4) is 0 Å². The van der Waals surface area contributed by atoms with Gasteiger partial charge in [0.1, 0.15) is 35.4 Å². The summed E-state index contributed by atoms with van der Waals surface area (Å²) in [5, 5.41) is 22.4. The number of carbonyl (C=O) groups is 1. The molecule has 2 aromatic carbocycles. The lowest BCUT2D eigenvalue weighted by Crippen LogP contribution is -2.39. The average molecular weight is 627 g/mol. The van der Waals surface area contributed by atoms with Crippen LogP contribution >= 0.6 is 11.3 Å². The Kier molecular flexibility index (Phi) is 7.17. The van der Waals surface area contributed by atoms with Gasteiger partial charge in [-0.15, -0.1) is 11.3 Å². The second-order valence-corrected chi connectivity index (χ2v) is 11.9. The number of aliphatic hydroxyl groups excluding tert-OH is 1. The lowest BCUT2D eigenvalue weighted by atomic mass is 9.96. The summed E-state index contributed by atoms with van der Waals surface area (Å²) in [5.74, 6) is -1.86. The standard InChI is InChI=1S/C33H28F2N6O3S/c1-4-28(43)40-16-18(2)41-22(17-40)14-25(38-41)32-30(29-24(35)12-21(34)13-27(29)44-9-8-42)33-23(7-10-45-33)31(37-32)19-5-6-26-20(11-19)15-36-39(26)3/h4-7,10-15,18,42H,1,8-9,16-17H2,2-3H3/t18-/m0/s1. The number of ether oxygens (including phenoxy) is 1. The van der Waals surface area contributed by atoms with Gasteiger partial charge in [-0.25, -0.2) is 13.8 Å². The molecule has 0 spiro atoms. The zero-order chi connectivity index (χ0) is 31.4. The molecule has 1 aliphatic heterocycles. The number of carbonyl (C=O) groups excluding carboxylic acids is 1. The van der Waals surface area contributed by atoms with Crippen LogP contribution in [0.1, 0.15) is 18.7 Å². The molecule has 0 fully saturated rings. The molecule has 1 N–H and O–H groups in total. The van der Waals surface area contributed by atoms with E-state index in [4.69, 9.17) is 14.8 Å². The summed E-state index contributed by atoms with van der Waals surface area (Å²) in [5.41, 5.74) is 4.52. The van der Waals surface area contributed by atoms with Crippen LogP contribution in [0.2, 0.25) is 0 Å². The van der Waals surface area contributed by atoms with Crippen LogP contribution in [-0.2, 0) is 18.4 Å². The van der Waals surface area contributed by atoms with Gasteiger partial charge in [-0.2, -0.15) is 10.2 Å². The third-order valence-electron chi connectivity index (χ3n) is 8.04. The third-order valence-corrected chi connectivity index (χ3v) is 8.97. The number of aryl methyl sites for hydroxylation is 1. The molecular formula is C33H28F2N6O3S. The van der Waals surface area contributed by atoms with Gasteiger partial charge in [0.05, 0.1) is 47.9 Å². The van der Waals surface area contributed by atoms with Gasteiger partial charge in [0.15, 0.2) is 0 Å². The normalized spacial score (nSPS) is 14.7. The Hall–Kier alpha value is -4.94. The highest BCUT2D eigenvalue weighted by molar-refractivity contribution is 7.18. The van der Waals surface area contributed by atoms with Gasteiger partial charge in [0.2, 0.25) is 5.91 Å². The van der Waals surface area contributed by atoms with Gasteiger partial charge in [-0.05, 0) is 42.6 Å². The third kappa shape index (κ3) is 4.86. The Morgan fingerprint density at radius 1 is 1.18 bits per heavy atom. The van der Waals surface area contributed by atoms with Crippen molar-refractivity contribution in [2.24, 2.45) is 7.05 Å². The predicted molar refractivity (Wildman–Crippen MR) is 169 cm³/mol. The van der Waals surface area contributed by atoms with E-state index >= 15 is 4.39 Å². The van der Waals surface area contributed by atoms with Crippen molar-refractivity contribution < 1.29 is 23.4 Å². The maximum absolute atomic E-state index is 15.9. The summed E-state index contributed by atoms with van der Waals surface area (Å²) in [6, 6.07) is 11.5. The van der Waals surface area contributed by atoms with Crippen LogP contribution < -0.4 is 4.74 Å². The molecule has 7 rings (SSSR count). The summed E-state index contributed by atoms with van der Waals surface area (Å²) in [4.78, 5) is 19.4. The quantitative estimate of drug-likeness (QED) is 0.215. The first-order chi connectivity index (χ1) is 21.8. The van der Waals surface area contributed by atoms with E-state index in [0.717, 1.165) is 39.7 Å². The first-order valence-electron chi connectivity index (χ1n) is 14.3. The topological polar surface area (TPSA) is 98.3 Å². The molecule has 0 unspecified atom stereocenters. The number of benzene rings is 2. The molecule has 0 bridgehead atoms. The van der Waals surface area contributed by atoms with E-state index in [2.05, 4.69) is 11.7 Å². The molecule has 9 nitrogen and oxygen atoms in total. The zero-order valence-electron chi connectivity index (χ0n) is 24.5. The number of hydrogen-bond donors (Lipinski definition) is 1. The SMILES string of the molecule is C=CC(=O)N1Cc2cc(-c3nc(-c4ccc5c(cnn5C)c4)c4ccsc4c3-c3c(F)cc(F)cc3OCCO)nn2[C@@H](C)C1. The Bertz CT molecular complexity index is 2130. The van der Waals surface area contributed by atoms with Gasteiger partial charge in [-0.1, -0.05) is 12.6 Å². The number of pyridine rings is 1. The van der Waals surface area contributed by atoms with E-state index in [0.29, 0.717) is 40.4 Å². The maximum atomic E-state index is 15.9. The number of fused-ring (bicyclic) bond motifs is 3. The smallest absolute Gasteiger partial charge is 0.246 e. The summed E-state index contributed by atoms with van der Waals surface area (Å²) in [6.07, 6.45) is 3.08. The van der Waals surface area contributed by atoms with Crippen LogP contribution in [0.5, 0.6) is 5.75 Å². The number of thiophene rings is 1. The molecule has 12 heteroatoms. The Balaban J connectivity index is 1.51. The minimum atomic E-state index is -0.828. The van der Waals surface area contributed by atoms with E-state index in [9.17, 15) is 14.3 Å². The van der Waals surface area contributed by atoms with Crippen molar-refractivity contribution >= 4 is 38.2 Å². The molecule has 0 saturated heterocycles. The number of halogens is 2. The molecule has 1 aliphatic rings. The fourth-order valence-corrected chi connectivity index (χ4v) is 6.99. The van der Waals surface area contributed by atoms with E-state index in [1.165, 1.54) is 17.4 Å². The zero-order valence-corrected chi connectivity index (χ0v) is 25.3. The van der Waals surface area contributed by atoms with E-state index in [-0.39, 0.29) is 36.5 Å². The minimum Gasteiger partial charge on any atom is -0.490 e. The molecule has 45 heavy (non-hydrogen) atoms. The van der Waals surface area contributed by atoms with Gasteiger partial charge < -0.3 is 14.7 Å². The fourth-order valence-electron chi connectivity index (χ4n) is 6.04. The highest BCUT2D eigenvalue weighted by Crippen LogP contribution is 2.47. The van der Waals surface area contributed by atoms with Crippen molar-refractivity contribution in [3.8, 4) is 39.5 Å². The van der Waals surface area contributed by atoms with Crippen molar-refractivity contribution in [1.29, 1.82) is 0 Å². The van der Waals surface area contributed by atoms with Crippen LogP contribution in [0.4, 0.5) is 8.78 Å². The van der Waals surface area contributed by atoms with E-state index in [1.54, 1.807) is 15.8 Å². The minimum absolute atomic E-state index is 0.0246. The predicted octanol–water partition coefficient (Wildman–Crippen LogP) is 6.12. The Morgan fingerprint density at radius 3 is 2.82 bits per heavy atom. The van der Waals surface area contributed by atoms with E-state index < -0.39 is 11.6 Å². The van der Waals surface area contributed by atoms with Gasteiger partial charge in [-0.3, -0.25) is 14.2 Å². The summed E-state index contributed by atoms with van der Waals surface area (Å²) < 4.78 is 40.5. The molecule has 0 aliphatic carbocycles. The van der Waals surface area contributed by atoms with Gasteiger partial charge >= 0.3 is 0 Å². The number of aliphatic hydroxyl groups is 1. The lowest BCUT2D eigenvalue weighted by Gasteiger charge is -2.31. The monoisotopic (exact) mass is 626 g/mol. The number of aromatic nitrogens is 5. The highest BCUT2D eigenvalue weighted by atomic mass is 32.1. The van der Waals surface area contributed by atoms with Crippen molar-refractivity contribution in [3.05, 3.63) is 84.0 Å². The highest BCUT2D eigenvalue weighted by Gasteiger charge is 2.30. The van der Waals surface area contributed by atoms with Gasteiger partial charge in [0, 0.05) is 52.3 Å². The van der Waals surface area contributed by atoms with Crippen LogP contribution in [0, 0.1) is 11.6 Å². The van der Waals surface area contributed by atoms with Crippen molar-refractivity contribution in [1.82, 2.24) is 29.4 Å². The molecule has 1 amide bonds. The maximum Gasteiger partial charge on any atom is 0.246 e. The number of hydrogen-bond acceptors (Lipinski definition) is 7. The Morgan fingerprint density at radius 2 is 2.02 bits per heavy atom. The molecule has 6 aromatic rings. The molecule has 0 saturated carbocycles. The van der Waals surface area contributed by atoms with E-state index in [1.807, 2.05) is 54.4 Å². The number of rotatable bonds is 7. The van der Waals surface area contributed by atoms with Crippen LogP contribution in [-0.4, -0.2) is 60.2 Å². The summed E-state index contributed by atoms with van der Waals surface area (Å²) in [7, 11) is 1.88. The Labute approximate surface area is 260 Å². The summed E-state index contributed by atoms with van der Waals surface area (Å²) >= 11 is 1.40. The largest absolute Gasteiger partial charge is 0.490 e. The second kappa shape index (κ2) is 11.2. The molecule has 5 heterocycles.